The molecule has 2 atom stereocenters. The number of amides is 1. The first kappa shape index (κ1) is 18.5. The number of hydrogen-bond donors (Lipinski definition) is 3. The van der Waals surface area contributed by atoms with Crippen molar-refractivity contribution in [2.75, 3.05) is 20.3 Å². The number of rotatable bonds is 9. The highest BCUT2D eigenvalue weighted by molar-refractivity contribution is 7.47. The van der Waals surface area contributed by atoms with Crippen LogP contribution in [0.3, 0.4) is 0 Å². The van der Waals surface area contributed by atoms with Crippen LogP contribution in [0.4, 0.5) is 0 Å². The first-order valence-electron chi connectivity index (χ1n) is 6.15. The molecule has 0 rings (SSSR count). The lowest BCUT2D eigenvalue weighted by Crippen LogP contribution is -2.46. The second-order valence-electron chi connectivity index (χ2n) is 4.96. The fourth-order valence-corrected chi connectivity index (χ4v) is 1.82. The maximum atomic E-state index is 11.7. The molecule has 3 N–H and O–H groups in total. The van der Waals surface area contributed by atoms with Crippen molar-refractivity contribution in [2.45, 2.75) is 39.7 Å². The molecule has 2 unspecified atom stereocenters. The lowest BCUT2D eigenvalue weighted by molar-refractivity contribution is -0.136. The Bertz CT molecular complexity index is 333. The lowest BCUT2D eigenvalue weighted by atomic mass is 9.87. The van der Waals surface area contributed by atoms with Gasteiger partial charge in [0.15, 0.2) is 0 Å². The first-order chi connectivity index (χ1) is 8.66. The van der Waals surface area contributed by atoms with Gasteiger partial charge in [-0.1, -0.05) is 27.2 Å². The van der Waals surface area contributed by atoms with Gasteiger partial charge < -0.3 is 15.3 Å². The molecule has 0 bridgehead atoms. The van der Waals surface area contributed by atoms with Crippen LogP contribution >= 0.6 is 7.82 Å². The highest BCUT2D eigenvalue weighted by Gasteiger charge is 2.36. The molecule has 0 saturated heterocycles. The van der Waals surface area contributed by atoms with E-state index in [2.05, 4.69) is 14.4 Å². The van der Waals surface area contributed by atoms with Crippen molar-refractivity contribution in [2.24, 2.45) is 5.41 Å². The van der Waals surface area contributed by atoms with Gasteiger partial charge in [0.1, 0.15) is 6.10 Å². The van der Waals surface area contributed by atoms with E-state index in [4.69, 9.17) is 4.89 Å². The molecule has 0 saturated carbocycles. The predicted octanol–water partition coefficient (Wildman–Crippen LogP) is 1.05. The van der Waals surface area contributed by atoms with E-state index in [1.54, 1.807) is 13.8 Å². The number of phosphoric acid groups is 1. The van der Waals surface area contributed by atoms with Crippen molar-refractivity contribution in [3.8, 4) is 0 Å². The van der Waals surface area contributed by atoms with Crippen molar-refractivity contribution in [1.29, 1.82) is 0 Å². The molecule has 19 heavy (non-hydrogen) atoms. The molecule has 7 nitrogen and oxygen atoms in total. The highest BCUT2D eigenvalue weighted by Crippen LogP contribution is 2.43. The van der Waals surface area contributed by atoms with Gasteiger partial charge in [-0.15, -0.1) is 0 Å². The van der Waals surface area contributed by atoms with E-state index < -0.39 is 25.2 Å². The Labute approximate surface area is 113 Å². The number of nitrogens with one attached hydrogen (secondary N) is 1. The van der Waals surface area contributed by atoms with Crippen molar-refractivity contribution in [1.82, 2.24) is 5.32 Å². The highest BCUT2D eigenvalue weighted by atomic mass is 31.2. The molecule has 1 amide bonds. The number of aliphatic hydroxyl groups is 1. The second-order valence-corrected chi connectivity index (χ2v) is 6.52. The largest absolute Gasteiger partial charge is 0.471 e. The molecular weight excluding hydrogens is 273 g/mol. The van der Waals surface area contributed by atoms with Gasteiger partial charge in [0, 0.05) is 19.1 Å². The van der Waals surface area contributed by atoms with E-state index >= 15 is 0 Å². The van der Waals surface area contributed by atoms with E-state index in [0.717, 1.165) is 20.0 Å². The van der Waals surface area contributed by atoms with Crippen LogP contribution in [0.25, 0.3) is 0 Å². The van der Waals surface area contributed by atoms with E-state index in [9.17, 15) is 14.5 Å². The van der Waals surface area contributed by atoms with E-state index in [1.807, 2.05) is 6.92 Å². The number of unbranched alkanes of at least 4 members (excludes halogenated alkanes) is 1. The maximum absolute atomic E-state index is 11.7. The van der Waals surface area contributed by atoms with Gasteiger partial charge in [0.05, 0.1) is 6.61 Å². The minimum Gasteiger partial charge on any atom is -0.383 e. The summed E-state index contributed by atoms with van der Waals surface area (Å²) in [6.07, 6.45) is 0.427. The summed E-state index contributed by atoms with van der Waals surface area (Å²) in [4.78, 5) is 20.8. The number of phosphoric ester groups is 1. The van der Waals surface area contributed by atoms with Crippen molar-refractivity contribution in [3.05, 3.63) is 0 Å². The standard InChI is InChI=1S/C11H24NO6P/c1-5-6-7-12-10(14)9(13)11(2,3)8-18-19(15,16)17-4/h9,13H,5-8H2,1-4H3,(H,12,14)(H,15,16). The van der Waals surface area contributed by atoms with Gasteiger partial charge in [0.25, 0.3) is 0 Å². The molecule has 0 aromatic carbocycles. The molecule has 0 aromatic heterocycles. The van der Waals surface area contributed by atoms with Gasteiger partial charge in [-0.25, -0.2) is 4.57 Å². The number of aliphatic hydroxyl groups excluding tert-OH is 1. The van der Waals surface area contributed by atoms with Gasteiger partial charge in [-0.2, -0.15) is 0 Å². The molecule has 0 spiro atoms. The number of hydrogen-bond acceptors (Lipinski definition) is 5. The summed E-state index contributed by atoms with van der Waals surface area (Å²) in [6, 6.07) is 0. The van der Waals surface area contributed by atoms with Crippen LogP contribution in [0.5, 0.6) is 0 Å². The molecule has 114 valence electrons. The summed E-state index contributed by atoms with van der Waals surface area (Å²) in [7, 11) is -3.07. The van der Waals surface area contributed by atoms with Crippen molar-refractivity contribution in [3.63, 3.8) is 0 Å². The third kappa shape index (κ3) is 7.03. The molecule has 0 aliphatic heterocycles. The SMILES string of the molecule is CCCCNC(=O)C(O)C(C)(C)COP(=O)(O)OC. The molecule has 8 heteroatoms. The Morgan fingerprint density at radius 3 is 2.53 bits per heavy atom. The average Bonchev–Trinajstić information content (AvgIpc) is 2.36. The smallest absolute Gasteiger partial charge is 0.383 e. The van der Waals surface area contributed by atoms with Gasteiger partial charge >= 0.3 is 7.82 Å². The Balaban J connectivity index is 4.37. The fraction of sp³-hybridized carbons (Fsp3) is 0.909. The van der Waals surface area contributed by atoms with Crippen LogP contribution in [-0.4, -0.2) is 42.3 Å². The van der Waals surface area contributed by atoms with E-state index in [0.29, 0.717) is 6.54 Å². The molecule has 0 radical (unpaired) electrons. The third-order valence-corrected chi connectivity index (χ3v) is 3.57. The Morgan fingerprint density at radius 2 is 2.05 bits per heavy atom. The normalized spacial score (nSPS) is 16.7. The molecule has 0 aliphatic carbocycles. The Hall–Kier alpha value is -0.460. The summed E-state index contributed by atoms with van der Waals surface area (Å²) in [6.45, 7) is 5.32. The van der Waals surface area contributed by atoms with Gasteiger partial charge in [0.2, 0.25) is 5.91 Å². The quantitative estimate of drug-likeness (QED) is 0.434. The number of carbonyl (C=O) groups excluding carboxylic acids is 1. The van der Waals surface area contributed by atoms with Gasteiger partial charge in [-0.05, 0) is 6.42 Å². The topological polar surface area (TPSA) is 105 Å². The van der Waals surface area contributed by atoms with E-state index in [1.165, 1.54) is 0 Å². The minimum atomic E-state index is -4.11. The molecular formula is C11H24NO6P. The van der Waals surface area contributed by atoms with Crippen LogP contribution < -0.4 is 5.32 Å². The van der Waals surface area contributed by atoms with Crippen LogP contribution in [-0.2, 0) is 18.4 Å². The Morgan fingerprint density at radius 1 is 1.47 bits per heavy atom. The van der Waals surface area contributed by atoms with E-state index in [-0.39, 0.29) is 6.61 Å². The monoisotopic (exact) mass is 297 g/mol. The first-order valence-corrected chi connectivity index (χ1v) is 7.64. The summed E-state index contributed by atoms with van der Waals surface area (Å²) < 4.78 is 20.1. The molecule has 0 heterocycles. The zero-order valence-corrected chi connectivity index (χ0v) is 12.8. The minimum absolute atomic E-state index is 0.281. The molecule has 0 aliphatic rings. The third-order valence-electron chi connectivity index (χ3n) is 2.65. The fourth-order valence-electron chi connectivity index (χ4n) is 1.22. The summed E-state index contributed by atoms with van der Waals surface area (Å²) >= 11 is 0. The summed E-state index contributed by atoms with van der Waals surface area (Å²) in [5, 5.41) is 12.5. The van der Waals surface area contributed by atoms with Crippen LogP contribution in [0.2, 0.25) is 0 Å². The Kier molecular flexibility index (Phi) is 7.78. The summed E-state index contributed by atoms with van der Waals surface area (Å²) in [5.74, 6) is -0.521. The maximum Gasteiger partial charge on any atom is 0.471 e. The van der Waals surface area contributed by atoms with Gasteiger partial charge in [-0.3, -0.25) is 13.8 Å². The average molecular weight is 297 g/mol. The van der Waals surface area contributed by atoms with Crippen molar-refractivity contribution >= 4 is 13.7 Å². The zero-order valence-electron chi connectivity index (χ0n) is 11.9. The molecule has 0 aromatic rings. The second kappa shape index (κ2) is 7.97. The van der Waals surface area contributed by atoms with Crippen molar-refractivity contribution < 1.29 is 28.4 Å². The number of carbonyl (C=O) groups is 1. The predicted molar refractivity (Wildman–Crippen MR) is 70.5 cm³/mol. The van der Waals surface area contributed by atoms with Crippen LogP contribution in [0, 0.1) is 5.41 Å². The zero-order chi connectivity index (χ0) is 15.1. The van der Waals surface area contributed by atoms with Crippen LogP contribution in [0.15, 0.2) is 0 Å². The molecule has 0 fully saturated rings. The van der Waals surface area contributed by atoms with Crippen LogP contribution in [0.1, 0.15) is 33.6 Å². The summed E-state index contributed by atoms with van der Waals surface area (Å²) in [5.41, 5.74) is -1.01. The lowest BCUT2D eigenvalue weighted by Gasteiger charge is -2.29.